The van der Waals surface area contributed by atoms with Crippen molar-refractivity contribution in [3.8, 4) is 0 Å². The Hall–Kier alpha value is -2.71. The van der Waals surface area contributed by atoms with E-state index in [0.29, 0.717) is 31.4 Å². The maximum atomic E-state index is 14.0. The van der Waals surface area contributed by atoms with Crippen molar-refractivity contribution in [3.05, 3.63) is 35.9 Å². The van der Waals surface area contributed by atoms with Crippen molar-refractivity contribution in [2.24, 2.45) is 11.8 Å². The summed E-state index contributed by atoms with van der Waals surface area (Å²) in [5.41, 5.74) is 1.04. The summed E-state index contributed by atoms with van der Waals surface area (Å²) in [6.07, 6.45) is 3.76. The standard InChI is InChI=1S/C37H61N5O7S/c1-8-14-28(39-34(45)30-17-12-13-18-41(30)6)36(46)42(7)31(23(2)3)21-32(49-25(5)43)35-40-29(22-50-35)33(44)38-27(19-24(4)37(47)48)20-26-15-10-9-11-16-26/h9-11,15-16,23-24,27-33,35,38,40,44H,8,12-14,17-22H2,1-7H3,(H,39,45)(H,47,48)/t24-,27+,28+,29+,30-,31+,32+,33+,35-/m0/s1. The lowest BCUT2D eigenvalue weighted by atomic mass is 9.94. The Morgan fingerprint density at radius 3 is 2.42 bits per heavy atom. The molecule has 12 nitrogen and oxygen atoms in total. The number of aliphatic carboxylic acids is 1. The predicted octanol–water partition coefficient (Wildman–Crippen LogP) is 3.22. The van der Waals surface area contributed by atoms with E-state index in [9.17, 15) is 29.4 Å². The van der Waals surface area contributed by atoms with Gasteiger partial charge in [-0.3, -0.25) is 34.7 Å². The molecule has 0 bridgehead atoms. The fraction of sp³-hybridized carbons (Fsp3) is 0.730. The summed E-state index contributed by atoms with van der Waals surface area (Å²) in [5.74, 6) is -1.64. The molecule has 2 aliphatic heterocycles. The minimum absolute atomic E-state index is 0.0221. The first-order chi connectivity index (χ1) is 23.7. The summed E-state index contributed by atoms with van der Waals surface area (Å²) < 4.78 is 5.87. The fourth-order valence-electron chi connectivity index (χ4n) is 7.10. The molecule has 0 aromatic heterocycles. The number of rotatable bonds is 19. The summed E-state index contributed by atoms with van der Waals surface area (Å²) in [6, 6.07) is 7.90. The second-order valence-corrected chi connectivity index (χ2v) is 15.7. The van der Waals surface area contributed by atoms with Crippen LogP contribution in [0.2, 0.25) is 0 Å². The number of nitrogens with zero attached hydrogens (tertiary/aromatic N) is 2. The normalized spacial score (nSPS) is 23.3. The van der Waals surface area contributed by atoms with E-state index in [0.717, 1.165) is 37.8 Å². The molecule has 2 aliphatic rings. The zero-order valence-electron chi connectivity index (χ0n) is 31.0. The molecule has 50 heavy (non-hydrogen) atoms. The molecule has 2 heterocycles. The fourth-order valence-corrected chi connectivity index (χ4v) is 8.44. The summed E-state index contributed by atoms with van der Waals surface area (Å²) in [6.45, 7) is 9.94. The first kappa shape index (κ1) is 41.7. The van der Waals surface area contributed by atoms with Crippen molar-refractivity contribution >= 4 is 35.5 Å². The quantitative estimate of drug-likeness (QED) is 0.106. The third-order valence-corrected chi connectivity index (χ3v) is 11.4. The van der Waals surface area contributed by atoms with Crippen LogP contribution in [0.25, 0.3) is 0 Å². The van der Waals surface area contributed by atoms with Gasteiger partial charge in [-0.05, 0) is 57.2 Å². The number of amides is 2. The highest BCUT2D eigenvalue weighted by molar-refractivity contribution is 8.00. The average Bonchev–Trinajstić information content (AvgIpc) is 3.56. The Morgan fingerprint density at radius 1 is 1.12 bits per heavy atom. The van der Waals surface area contributed by atoms with Crippen molar-refractivity contribution < 1.29 is 34.1 Å². The SMILES string of the molecule is CCC[C@@H](NC(=O)[C@@H]1CCCCN1C)C(=O)N(C)[C@H](C[C@@H](OC(C)=O)[C@H]1N[C@@H]([C@@H](O)N[C@@H](Cc2ccccc2)C[C@H](C)C(=O)O)CS1)C(C)C. The lowest BCUT2D eigenvalue weighted by molar-refractivity contribution is -0.149. The van der Waals surface area contributed by atoms with E-state index >= 15 is 0 Å². The molecule has 0 spiro atoms. The zero-order valence-corrected chi connectivity index (χ0v) is 31.8. The van der Waals surface area contributed by atoms with Gasteiger partial charge in [-0.15, -0.1) is 11.8 Å². The van der Waals surface area contributed by atoms with Gasteiger partial charge in [0.05, 0.1) is 23.4 Å². The van der Waals surface area contributed by atoms with E-state index in [1.54, 1.807) is 30.6 Å². The van der Waals surface area contributed by atoms with Crippen LogP contribution in [0.1, 0.15) is 85.1 Å². The number of carbonyl (C=O) groups excluding carboxylic acids is 3. The van der Waals surface area contributed by atoms with E-state index in [-0.39, 0.29) is 47.3 Å². The third-order valence-electron chi connectivity index (χ3n) is 10.0. The molecule has 1 aromatic carbocycles. The van der Waals surface area contributed by atoms with Crippen LogP contribution in [0, 0.1) is 11.8 Å². The zero-order chi connectivity index (χ0) is 37.0. The number of likely N-dealkylation sites (tertiary alicyclic amines) is 1. The van der Waals surface area contributed by atoms with E-state index < -0.39 is 36.2 Å². The Labute approximate surface area is 302 Å². The molecule has 13 heteroatoms. The summed E-state index contributed by atoms with van der Waals surface area (Å²) in [7, 11) is 3.71. The van der Waals surface area contributed by atoms with Crippen LogP contribution in [0.5, 0.6) is 0 Å². The van der Waals surface area contributed by atoms with Crippen molar-refractivity contribution in [2.45, 2.75) is 134 Å². The molecule has 2 fully saturated rings. The largest absolute Gasteiger partial charge is 0.481 e. The molecule has 2 saturated heterocycles. The van der Waals surface area contributed by atoms with Gasteiger partial charge < -0.3 is 25.2 Å². The smallest absolute Gasteiger partial charge is 0.306 e. The Morgan fingerprint density at radius 2 is 1.82 bits per heavy atom. The van der Waals surface area contributed by atoms with Crippen LogP contribution in [0.15, 0.2) is 30.3 Å². The van der Waals surface area contributed by atoms with Gasteiger partial charge >= 0.3 is 11.9 Å². The van der Waals surface area contributed by atoms with Gasteiger partial charge in [0.15, 0.2) is 0 Å². The maximum absolute atomic E-state index is 14.0. The van der Waals surface area contributed by atoms with Crippen molar-refractivity contribution in [2.75, 3.05) is 26.4 Å². The molecular formula is C37H61N5O7S. The molecule has 0 radical (unpaired) electrons. The molecule has 1 aromatic rings. The minimum atomic E-state index is -0.980. The molecule has 9 atom stereocenters. The highest BCUT2D eigenvalue weighted by atomic mass is 32.2. The van der Waals surface area contributed by atoms with E-state index in [1.165, 1.54) is 6.92 Å². The van der Waals surface area contributed by atoms with Gasteiger partial charge in [-0.1, -0.05) is 70.9 Å². The number of carbonyl (C=O) groups is 4. The van der Waals surface area contributed by atoms with Crippen LogP contribution < -0.4 is 16.0 Å². The Bertz CT molecular complexity index is 1240. The second-order valence-electron chi connectivity index (χ2n) is 14.5. The van der Waals surface area contributed by atoms with Crippen LogP contribution in [-0.2, 0) is 30.3 Å². The number of aliphatic hydroxyl groups excluding tert-OH is 1. The first-order valence-corrected chi connectivity index (χ1v) is 19.3. The number of piperidine rings is 1. The van der Waals surface area contributed by atoms with Gasteiger partial charge in [-0.2, -0.15) is 0 Å². The monoisotopic (exact) mass is 719 g/mol. The van der Waals surface area contributed by atoms with Crippen LogP contribution in [-0.4, -0.2) is 118 Å². The maximum Gasteiger partial charge on any atom is 0.306 e. The highest BCUT2D eigenvalue weighted by Crippen LogP contribution is 2.30. The number of hydrogen-bond donors (Lipinski definition) is 5. The number of carboxylic acids is 1. The van der Waals surface area contributed by atoms with Crippen LogP contribution in [0.3, 0.4) is 0 Å². The van der Waals surface area contributed by atoms with E-state index in [1.807, 2.05) is 58.2 Å². The molecule has 282 valence electrons. The molecule has 3 rings (SSSR count). The number of carboxylic acid groups (broad SMARTS) is 1. The summed E-state index contributed by atoms with van der Waals surface area (Å²) in [4.78, 5) is 55.0. The molecule has 0 aliphatic carbocycles. The lowest BCUT2D eigenvalue weighted by Crippen LogP contribution is -2.57. The first-order valence-electron chi connectivity index (χ1n) is 18.2. The molecule has 0 unspecified atom stereocenters. The lowest BCUT2D eigenvalue weighted by Gasteiger charge is -2.38. The number of likely N-dealkylation sites (N-methyl/N-ethyl adjacent to an activating group) is 2. The third kappa shape index (κ3) is 12.5. The predicted molar refractivity (Wildman–Crippen MR) is 196 cm³/mol. The van der Waals surface area contributed by atoms with Crippen molar-refractivity contribution in [1.82, 2.24) is 25.8 Å². The minimum Gasteiger partial charge on any atom is -0.481 e. The van der Waals surface area contributed by atoms with E-state index in [4.69, 9.17) is 4.74 Å². The highest BCUT2D eigenvalue weighted by Gasteiger charge is 2.40. The number of thioether (sulfide) groups is 1. The van der Waals surface area contributed by atoms with Crippen LogP contribution in [0.4, 0.5) is 0 Å². The van der Waals surface area contributed by atoms with E-state index in [2.05, 4.69) is 20.9 Å². The molecule has 5 N–H and O–H groups in total. The number of aliphatic hydroxyl groups is 1. The Balaban J connectivity index is 1.70. The van der Waals surface area contributed by atoms with Gasteiger partial charge in [0.2, 0.25) is 11.8 Å². The molecular weight excluding hydrogens is 659 g/mol. The second kappa shape index (κ2) is 20.4. The number of ether oxygens (including phenoxy) is 1. The van der Waals surface area contributed by atoms with Gasteiger partial charge in [0.1, 0.15) is 18.4 Å². The summed E-state index contributed by atoms with van der Waals surface area (Å²) in [5, 5.41) is 30.3. The number of hydrogen-bond acceptors (Lipinski definition) is 10. The topological polar surface area (TPSA) is 161 Å². The number of benzene rings is 1. The van der Waals surface area contributed by atoms with Gasteiger partial charge in [0, 0.05) is 38.2 Å². The number of esters is 1. The average molecular weight is 720 g/mol. The Kier molecular flexibility index (Phi) is 17.0. The van der Waals surface area contributed by atoms with Crippen molar-refractivity contribution in [3.63, 3.8) is 0 Å². The van der Waals surface area contributed by atoms with Gasteiger partial charge in [0.25, 0.3) is 0 Å². The van der Waals surface area contributed by atoms with Gasteiger partial charge in [-0.25, -0.2) is 0 Å². The van der Waals surface area contributed by atoms with Crippen LogP contribution >= 0.6 is 11.8 Å². The number of nitrogens with one attached hydrogen (secondary N) is 3. The molecule has 2 amide bonds. The summed E-state index contributed by atoms with van der Waals surface area (Å²) >= 11 is 1.54. The molecule has 0 saturated carbocycles. The van der Waals surface area contributed by atoms with Crippen molar-refractivity contribution in [1.29, 1.82) is 0 Å².